The van der Waals surface area contributed by atoms with Gasteiger partial charge in [-0.2, -0.15) is 0 Å². The van der Waals surface area contributed by atoms with E-state index >= 15 is 0 Å². The van der Waals surface area contributed by atoms with Crippen molar-refractivity contribution in [2.75, 3.05) is 11.9 Å². The number of hydrogen-bond acceptors (Lipinski definition) is 3. The Morgan fingerprint density at radius 3 is 2.78 bits per heavy atom. The molecule has 5 heteroatoms. The van der Waals surface area contributed by atoms with Crippen molar-refractivity contribution in [2.24, 2.45) is 0 Å². The van der Waals surface area contributed by atoms with Crippen molar-refractivity contribution in [1.82, 2.24) is 10.3 Å². The van der Waals surface area contributed by atoms with Gasteiger partial charge in [-0.25, -0.2) is 0 Å². The van der Waals surface area contributed by atoms with E-state index in [9.17, 15) is 4.79 Å². The van der Waals surface area contributed by atoms with E-state index < -0.39 is 0 Å². The Hall–Kier alpha value is -2.85. The fourth-order valence-corrected chi connectivity index (χ4v) is 3.09. The highest BCUT2D eigenvalue weighted by molar-refractivity contribution is 6.31. The number of nitrogens with one attached hydrogen (secondary N) is 2. The van der Waals surface area contributed by atoms with Crippen molar-refractivity contribution in [2.45, 2.75) is 19.4 Å². The first-order valence-electron chi connectivity index (χ1n) is 8.96. The number of pyridine rings is 1. The molecule has 1 aromatic heterocycles. The molecule has 0 aliphatic carbocycles. The first kappa shape index (κ1) is 18.9. The number of aromatic nitrogens is 1. The van der Waals surface area contributed by atoms with E-state index in [1.54, 1.807) is 12.3 Å². The molecule has 0 saturated heterocycles. The third-order valence-corrected chi connectivity index (χ3v) is 4.41. The zero-order valence-electron chi connectivity index (χ0n) is 15.2. The van der Waals surface area contributed by atoms with Gasteiger partial charge < -0.3 is 10.6 Å². The molecule has 0 bridgehead atoms. The Balaban J connectivity index is 1.87. The molecule has 3 aromatic rings. The summed E-state index contributed by atoms with van der Waals surface area (Å²) in [7, 11) is 0. The molecule has 4 nitrogen and oxygen atoms in total. The van der Waals surface area contributed by atoms with E-state index in [2.05, 4.69) is 27.8 Å². The van der Waals surface area contributed by atoms with Gasteiger partial charge in [0.2, 0.25) is 5.91 Å². The lowest BCUT2D eigenvalue weighted by atomic mass is 10.0. The maximum atomic E-state index is 11.9. The fraction of sp³-hybridized carbons (Fsp3) is 0.182. The van der Waals surface area contributed by atoms with Gasteiger partial charge in [0.15, 0.2) is 0 Å². The first-order valence-corrected chi connectivity index (χ1v) is 9.34. The van der Waals surface area contributed by atoms with E-state index in [0.717, 1.165) is 23.0 Å². The van der Waals surface area contributed by atoms with Crippen molar-refractivity contribution in [3.8, 4) is 0 Å². The van der Waals surface area contributed by atoms with E-state index in [0.29, 0.717) is 11.6 Å². The van der Waals surface area contributed by atoms with Crippen LogP contribution in [0.2, 0.25) is 5.02 Å². The highest BCUT2D eigenvalue weighted by Gasteiger charge is 2.10. The molecule has 0 fully saturated rings. The Morgan fingerprint density at radius 1 is 1.19 bits per heavy atom. The first-order chi connectivity index (χ1) is 13.2. The van der Waals surface area contributed by atoms with Crippen LogP contribution < -0.4 is 10.6 Å². The quantitative estimate of drug-likeness (QED) is 0.590. The summed E-state index contributed by atoms with van der Waals surface area (Å²) >= 11 is 6.08. The van der Waals surface area contributed by atoms with Crippen molar-refractivity contribution in [3.05, 3.63) is 83.5 Å². The van der Waals surface area contributed by atoms with Gasteiger partial charge in [-0.3, -0.25) is 9.78 Å². The van der Waals surface area contributed by atoms with Gasteiger partial charge in [0.25, 0.3) is 0 Å². The lowest BCUT2D eigenvalue weighted by Gasteiger charge is -2.18. The summed E-state index contributed by atoms with van der Waals surface area (Å²) in [6.07, 6.45) is 6.01. The van der Waals surface area contributed by atoms with Crippen molar-refractivity contribution in [1.29, 1.82) is 0 Å². The SMILES string of the molecule is CCNC(=O)/C=C/C(Cc1ccccc1)Nc1ccnc2cc(Cl)ccc12. The van der Waals surface area contributed by atoms with Gasteiger partial charge in [0.1, 0.15) is 0 Å². The Bertz CT molecular complexity index is 941. The summed E-state index contributed by atoms with van der Waals surface area (Å²) in [5, 5.41) is 7.97. The van der Waals surface area contributed by atoms with Gasteiger partial charge in [0, 0.05) is 41.0 Å². The Labute approximate surface area is 164 Å². The molecule has 1 unspecified atom stereocenters. The standard InChI is InChI=1S/C22H22ClN3O/c1-2-24-22(27)11-9-18(14-16-6-4-3-5-7-16)26-20-12-13-25-21-15-17(23)8-10-19(20)21/h3-13,15,18H,2,14H2,1H3,(H,24,27)(H,25,26)/b11-9+. The van der Waals surface area contributed by atoms with Crippen molar-refractivity contribution < 1.29 is 4.79 Å². The predicted octanol–water partition coefficient (Wildman–Crippen LogP) is 4.60. The fourth-order valence-electron chi connectivity index (χ4n) is 2.92. The molecule has 0 aliphatic rings. The summed E-state index contributed by atoms with van der Waals surface area (Å²) in [5.41, 5.74) is 2.98. The summed E-state index contributed by atoms with van der Waals surface area (Å²) in [6.45, 7) is 2.51. The van der Waals surface area contributed by atoms with E-state index in [-0.39, 0.29) is 11.9 Å². The zero-order valence-corrected chi connectivity index (χ0v) is 15.9. The maximum Gasteiger partial charge on any atom is 0.243 e. The average Bonchev–Trinajstić information content (AvgIpc) is 2.67. The molecule has 138 valence electrons. The van der Waals surface area contributed by atoms with Crippen LogP contribution in [-0.2, 0) is 11.2 Å². The van der Waals surface area contributed by atoms with Gasteiger partial charge in [-0.05, 0) is 43.2 Å². The summed E-state index contributed by atoms with van der Waals surface area (Å²) in [6, 6.07) is 17.7. The van der Waals surface area contributed by atoms with E-state index in [1.165, 1.54) is 5.56 Å². The van der Waals surface area contributed by atoms with Crippen LogP contribution in [0.5, 0.6) is 0 Å². The number of nitrogens with zero attached hydrogens (tertiary/aromatic N) is 1. The third kappa shape index (κ3) is 5.31. The molecular formula is C22H22ClN3O. The average molecular weight is 380 g/mol. The summed E-state index contributed by atoms with van der Waals surface area (Å²) < 4.78 is 0. The second-order valence-corrected chi connectivity index (χ2v) is 6.65. The van der Waals surface area contributed by atoms with Gasteiger partial charge in [-0.1, -0.05) is 48.0 Å². The van der Waals surface area contributed by atoms with Crippen LogP contribution in [0.1, 0.15) is 12.5 Å². The molecular weight excluding hydrogens is 358 g/mol. The van der Waals surface area contributed by atoms with Crippen LogP contribution in [0, 0.1) is 0 Å². The van der Waals surface area contributed by atoms with Gasteiger partial charge in [0.05, 0.1) is 5.52 Å². The second kappa shape index (κ2) is 9.19. The van der Waals surface area contributed by atoms with Crippen LogP contribution in [-0.4, -0.2) is 23.5 Å². The number of hydrogen-bond donors (Lipinski definition) is 2. The van der Waals surface area contributed by atoms with E-state index in [1.807, 2.05) is 55.5 Å². The minimum absolute atomic E-state index is 0.0451. The lowest BCUT2D eigenvalue weighted by Crippen LogP contribution is -2.23. The normalized spacial score (nSPS) is 12.2. The number of likely N-dealkylation sites (N-methyl/N-ethyl adjacent to an activating group) is 1. The zero-order chi connectivity index (χ0) is 19.1. The molecule has 1 heterocycles. The van der Waals surface area contributed by atoms with Crippen LogP contribution in [0.15, 0.2) is 72.9 Å². The molecule has 0 radical (unpaired) electrons. The number of fused-ring (bicyclic) bond motifs is 1. The Kier molecular flexibility index (Phi) is 6.44. The minimum Gasteiger partial charge on any atom is -0.378 e. The van der Waals surface area contributed by atoms with Crippen LogP contribution in [0.25, 0.3) is 10.9 Å². The number of carbonyl (C=O) groups is 1. The highest BCUT2D eigenvalue weighted by atomic mass is 35.5. The predicted molar refractivity (Wildman–Crippen MR) is 112 cm³/mol. The number of rotatable bonds is 7. The largest absolute Gasteiger partial charge is 0.378 e. The van der Waals surface area contributed by atoms with Crippen LogP contribution in [0.4, 0.5) is 5.69 Å². The maximum absolute atomic E-state index is 11.9. The molecule has 1 atom stereocenters. The number of amides is 1. The number of carbonyl (C=O) groups excluding carboxylic acids is 1. The number of benzene rings is 2. The molecule has 3 rings (SSSR count). The lowest BCUT2D eigenvalue weighted by molar-refractivity contribution is -0.116. The van der Waals surface area contributed by atoms with Gasteiger partial charge in [-0.15, -0.1) is 0 Å². The number of halogens is 1. The monoisotopic (exact) mass is 379 g/mol. The summed E-state index contributed by atoms with van der Waals surface area (Å²) in [5.74, 6) is -0.0938. The molecule has 0 spiro atoms. The van der Waals surface area contributed by atoms with E-state index in [4.69, 9.17) is 11.6 Å². The van der Waals surface area contributed by atoms with Crippen LogP contribution >= 0.6 is 11.6 Å². The molecule has 27 heavy (non-hydrogen) atoms. The number of anilines is 1. The Morgan fingerprint density at radius 2 is 2.00 bits per heavy atom. The van der Waals surface area contributed by atoms with Crippen molar-refractivity contribution in [3.63, 3.8) is 0 Å². The molecule has 2 N–H and O–H groups in total. The molecule has 1 amide bonds. The van der Waals surface area contributed by atoms with Gasteiger partial charge >= 0.3 is 0 Å². The minimum atomic E-state index is -0.0938. The van der Waals surface area contributed by atoms with Crippen LogP contribution in [0.3, 0.4) is 0 Å². The molecule has 0 saturated carbocycles. The second-order valence-electron chi connectivity index (χ2n) is 6.21. The topological polar surface area (TPSA) is 54.0 Å². The highest BCUT2D eigenvalue weighted by Crippen LogP contribution is 2.25. The smallest absolute Gasteiger partial charge is 0.243 e. The third-order valence-electron chi connectivity index (χ3n) is 4.18. The molecule has 2 aromatic carbocycles. The summed E-state index contributed by atoms with van der Waals surface area (Å²) in [4.78, 5) is 16.2. The van der Waals surface area contributed by atoms with Crippen molar-refractivity contribution >= 4 is 34.1 Å². The molecule has 0 aliphatic heterocycles.